The predicted octanol–water partition coefficient (Wildman–Crippen LogP) is 1.86. The number of rotatable bonds is 0. The van der Waals surface area contributed by atoms with Gasteiger partial charge in [0.2, 0.25) is 0 Å². The lowest BCUT2D eigenvalue weighted by Crippen LogP contribution is -1.98. The number of allylic oxidation sites excluding steroid dienone is 3. The van der Waals surface area contributed by atoms with E-state index in [1.165, 1.54) is 23.4 Å². The van der Waals surface area contributed by atoms with Crippen LogP contribution < -0.4 is 5.32 Å². The Morgan fingerprint density at radius 2 is 2.56 bits per heavy atom. The van der Waals surface area contributed by atoms with Gasteiger partial charge in [-0.05, 0) is 12.8 Å². The Bertz CT molecular complexity index is 181. The van der Waals surface area contributed by atoms with Crippen molar-refractivity contribution in [3.05, 3.63) is 22.8 Å². The van der Waals surface area contributed by atoms with E-state index in [0.29, 0.717) is 0 Å². The van der Waals surface area contributed by atoms with Crippen molar-refractivity contribution >= 4 is 11.8 Å². The topological polar surface area (TPSA) is 14.1 Å². The molecule has 0 aromatic heterocycles. The van der Waals surface area contributed by atoms with E-state index in [-0.39, 0.29) is 0 Å². The minimum absolute atomic E-state index is 0.953. The van der Waals surface area contributed by atoms with E-state index in [4.69, 9.17) is 0 Å². The molecule has 0 unspecified atom stereocenters. The van der Waals surface area contributed by atoms with E-state index >= 15 is 0 Å². The monoisotopic (exact) mass is 138 g/mol. The second kappa shape index (κ2) is 2.10. The molecule has 0 saturated carbocycles. The summed E-state index contributed by atoms with van der Waals surface area (Å²) in [6.07, 6.45) is 6.77. The van der Waals surface area contributed by atoms with Gasteiger partial charge in [0.05, 0.1) is 5.88 Å². The third kappa shape index (κ3) is 0.874. The first kappa shape index (κ1) is 5.42. The largest absolute Gasteiger partial charge is 0.277 e. The third-order valence-electron chi connectivity index (χ3n) is 1.58. The van der Waals surface area contributed by atoms with Crippen LogP contribution in [-0.4, -0.2) is 5.88 Å². The second-order valence-electron chi connectivity index (χ2n) is 2.18. The summed E-state index contributed by atoms with van der Waals surface area (Å²) in [5.41, 5.74) is 1.34. The van der Waals surface area contributed by atoms with Gasteiger partial charge in [-0.3, -0.25) is 5.32 Å². The number of hydrogen-bond acceptors (Lipinski definition) is 1. The molecule has 0 aromatic carbocycles. The van der Waals surface area contributed by atoms with Crippen LogP contribution in [0.3, 0.4) is 0 Å². The van der Waals surface area contributed by atoms with E-state index in [9.17, 15) is 0 Å². The molecule has 0 aromatic rings. The van der Waals surface area contributed by atoms with Crippen molar-refractivity contribution in [1.82, 2.24) is 5.32 Å². The van der Waals surface area contributed by atoms with Gasteiger partial charge in [-0.25, -0.2) is 0 Å². The molecule has 2 rings (SSSR count). The fourth-order valence-electron chi connectivity index (χ4n) is 1.10. The molecule has 2 aliphatic rings. The molecule has 9 heavy (non-hydrogen) atoms. The minimum atomic E-state index is 0.953. The summed E-state index contributed by atoms with van der Waals surface area (Å²) >= 11 is 1.85. The smallest absolute Gasteiger partial charge is 0.0894 e. The maximum Gasteiger partial charge on any atom is 0.0894 e. The molecular formula is C7H8NS. The fourth-order valence-corrected chi connectivity index (χ4v) is 1.98. The normalized spacial score (nSPS) is 24.0. The lowest BCUT2D eigenvalue weighted by molar-refractivity contribution is 0.827. The number of nitrogens with zero attached hydrogens (tertiary/aromatic N) is 1. The molecule has 2 heteroatoms. The van der Waals surface area contributed by atoms with E-state index in [1.807, 2.05) is 11.8 Å². The van der Waals surface area contributed by atoms with Crippen LogP contribution in [0.25, 0.3) is 0 Å². The van der Waals surface area contributed by atoms with Gasteiger partial charge in [0.1, 0.15) is 0 Å². The highest BCUT2D eigenvalue weighted by Gasteiger charge is 2.14. The van der Waals surface area contributed by atoms with Crippen molar-refractivity contribution < 1.29 is 0 Å². The van der Waals surface area contributed by atoms with Crippen LogP contribution in [0.1, 0.15) is 12.8 Å². The van der Waals surface area contributed by atoms with E-state index < -0.39 is 0 Å². The van der Waals surface area contributed by atoms with Gasteiger partial charge in [-0.2, -0.15) is 0 Å². The molecule has 0 fully saturated rings. The standard InChI is InChI=1S/C7H8NS/c1-2-4-7-6(3-1)8-5-9-7/h2,4H,1,3,5H2. The van der Waals surface area contributed by atoms with Gasteiger partial charge in [0.25, 0.3) is 0 Å². The average molecular weight is 138 g/mol. The van der Waals surface area contributed by atoms with Gasteiger partial charge in [0.15, 0.2) is 0 Å². The zero-order chi connectivity index (χ0) is 6.10. The molecule has 0 atom stereocenters. The molecular weight excluding hydrogens is 130 g/mol. The maximum atomic E-state index is 4.35. The molecule has 0 bridgehead atoms. The minimum Gasteiger partial charge on any atom is -0.277 e. The summed E-state index contributed by atoms with van der Waals surface area (Å²) in [5, 5.41) is 4.35. The fraction of sp³-hybridized carbons (Fsp3) is 0.429. The lowest BCUT2D eigenvalue weighted by atomic mass is 10.1. The summed E-state index contributed by atoms with van der Waals surface area (Å²) in [6, 6.07) is 0. The Morgan fingerprint density at radius 1 is 1.56 bits per heavy atom. The van der Waals surface area contributed by atoms with Crippen LogP contribution in [0.4, 0.5) is 0 Å². The average Bonchev–Trinajstić information content (AvgIpc) is 2.33. The highest BCUT2D eigenvalue weighted by atomic mass is 32.2. The highest BCUT2D eigenvalue weighted by molar-refractivity contribution is 8.03. The van der Waals surface area contributed by atoms with Gasteiger partial charge in [-0.15, -0.1) is 11.8 Å². The third-order valence-corrected chi connectivity index (χ3v) is 2.52. The quantitative estimate of drug-likeness (QED) is 0.498. The second-order valence-corrected chi connectivity index (χ2v) is 3.17. The number of thioether (sulfide) groups is 1. The van der Waals surface area contributed by atoms with Crippen molar-refractivity contribution in [3.8, 4) is 0 Å². The summed E-state index contributed by atoms with van der Waals surface area (Å²) in [4.78, 5) is 1.40. The molecule has 0 spiro atoms. The van der Waals surface area contributed by atoms with Gasteiger partial charge in [-0.1, -0.05) is 12.2 Å². The SMILES string of the molecule is C1=CC2=C(CC1)[N]CS2. The summed E-state index contributed by atoms with van der Waals surface area (Å²) in [7, 11) is 0. The van der Waals surface area contributed by atoms with Crippen LogP contribution in [0, 0.1) is 0 Å². The van der Waals surface area contributed by atoms with Crippen molar-refractivity contribution in [2.75, 3.05) is 5.88 Å². The van der Waals surface area contributed by atoms with Crippen molar-refractivity contribution in [1.29, 1.82) is 0 Å². The van der Waals surface area contributed by atoms with Crippen molar-refractivity contribution in [2.24, 2.45) is 0 Å². The first-order valence-corrected chi connectivity index (χ1v) is 4.15. The summed E-state index contributed by atoms with van der Waals surface area (Å²) in [5.74, 6) is 0.953. The first-order valence-electron chi connectivity index (χ1n) is 3.17. The predicted molar refractivity (Wildman–Crippen MR) is 40.0 cm³/mol. The van der Waals surface area contributed by atoms with Gasteiger partial charge in [0, 0.05) is 10.6 Å². The molecule has 0 saturated heterocycles. The van der Waals surface area contributed by atoms with Crippen LogP contribution >= 0.6 is 11.8 Å². The van der Waals surface area contributed by atoms with Crippen molar-refractivity contribution in [3.63, 3.8) is 0 Å². The van der Waals surface area contributed by atoms with E-state index in [0.717, 1.165) is 5.88 Å². The Kier molecular flexibility index (Phi) is 1.27. The van der Waals surface area contributed by atoms with Gasteiger partial charge >= 0.3 is 0 Å². The maximum absolute atomic E-state index is 4.35. The molecule has 1 radical (unpaired) electrons. The zero-order valence-corrected chi connectivity index (χ0v) is 5.95. The Morgan fingerprint density at radius 3 is 3.44 bits per heavy atom. The Hall–Kier alpha value is -0.370. The van der Waals surface area contributed by atoms with E-state index in [1.54, 1.807) is 0 Å². The molecule has 0 N–H and O–H groups in total. The first-order chi connectivity index (χ1) is 4.47. The summed E-state index contributed by atoms with van der Waals surface area (Å²) in [6.45, 7) is 0. The van der Waals surface area contributed by atoms with Crippen LogP contribution in [-0.2, 0) is 0 Å². The Labute approximate surface area is 59.2 Å². The van der Waals surface area contributed by atoms with Crippen LogP contribution in [0.5, 0.6) is 0 Å². The van der Waals surface area contributed by atoms with Crippen LogP contribution in [0.2, 0.25) is 0 Å². The zero-order valence-electron chi connectivity index (χ0n) is 5.13. The Balaban J connectivity index is 2.28. The summed E-state index contributed by atoms with van der Waals surface area (Å²) < 4.78 is 0. The molecule has 1 heterocycles. The molecule has 1 aliphatic heterocycles. The van der Waals surface area contributed by atoms with Gasteiger partial charge < -0.3 is 0 Å². The van der Waals surface area contributed by atoms with Crippen molar-refractivity contribution in [2.45, 2.75) is 12.8 Å². The molecule has 47 valence electrons. The molecule has 1 aliphatic carbocycles. The van der Waals surface area contributed by atoms with Crippen LogP contribution in [0.15, 0.2) is 22.8 Å². The molecule has 0 amide bonds. The number of hydrogen-bond donors (Lipinski definition) is 0. The van der Waals surface area contributed by atoms with E-state index in [2.05, 4.69) is 17.5 Å². The highest BCUT2D eigenvalue weighted by Crippen LogP contribution is 2.32. The lowest BCUT2D eigenvalue weighted by Gasteiger charge is -2.03. The molecule has 1 nitrogen and oxygen atoms in total.